The second-order valence-corrected chi connectivity index (χ2v) is 5.01. The molecule has 1 unspecified atom stereocenters. The summed E-state index contributed by atoms with van der Waals surface area (Å²) >= 11 is 0. The third-order valence-corrected chi connectivity index (χ3v) is 3.02. The summed E-state index contributed by atoms with van der Waals surface area (Å²) in [4.78, 5) is 11.7. The number of rotatable bonds is 2. The molecular weight excluding hydrogens is 207 g/mol. The van der Waals surface area contributed by atoms with E-state index >= 15 is 0 Å². The first-order valence-electron chi connectivity index (χ1n) is 5.25. The maximum Gasteiger partial charge on any atom is 0.228 e. The van der Waals surface area contributed by atoms with Gasteiger partial charge in [-0.3, -0.25) is 4.79 Å². The van der Waals surface area contributed by atoms with Gasteiger partial charge in [-0.15, -0.1) is 0 Å². The lowest BCUT2D eigenvalue weighted by atomic mass is 10.1. The summed E-state index contributed by atoms with van der Waals surface area (Å²) in [6.07, 6.45) is 0.879. The zero-order valence-electron chi connectivity index (χ0n) is 9.38. The molecule has 0 spiro atoms. The van der Waals surface area contributed by atoms with Crippen molar-refractivity contribution in [1.82, 2.24) is 0 Å². The number of hydrogen-bond acceptors (Lipinski definition) is 2. The predicted octanol–water partition coefficient (Wildman–Crippen LogP) is 2.39. The SMILES string of the molecule is CC1(C)CC1C(=O)Nc1cc(N)cc(F)c1. The molecule has 1 saturated carbocycles. The monoisotopic (exact) mass is 222 g/mol. The average molecular weight is 222 g/mol. The Balaban J connectivity index is 2.07. The van der Waals surface area contributed by atoms with E-state index in [4.69, 9.17) is 5.73 Å². The smallest absolute Gasteiger partial charge is 0.228 e. The Morgan fingerprint density at radius 1 is 1.50 bits per heavy atom. The van der Waals surface area contributed by atoms with Crippen LogP contribution in [-0.4, -0.2) is 5.91 Å². The van der Waals surface area contributed by atoms with Gasteiger partial charge < -0.3 is 11.1 Å². The number of amides is 1. The topological polar surface area (TPSA) is 55.1 Å². The van der Waals surface area contributed by atoms with Crippen LogP contribution in [0.1, 0.15) is 20.3 Å². The Morgan fingerprint density at radius 3 is 2.62 bits per heavy atom. The van der Waals surface area contributed by atoms with Gasteiger partial charge in [-0.1, -0.05) is 13.8 Å². The Bertz CT molecular complexity index is 422. The lowest BCUT2D eigenvalue weighted by molar-refractivity contribution is -0.117. The van der Waals surface area contributed by atoms with Crippen molar-refractivity contribution in [3.05, 3.63) is 24.0 Å². The minimum absolute atomic E-state index is 0.0250. The zero-order chi connectivity index (χ0) is 11.9. The normalized spacial score (nSPS) is 21.6. The van der Waals surface area contributed by atoms with Crippen LogP contribution in [0, 0.1) is 17.2 Å². The van der Waals surface area contributed by atoms with Crippen molar-refractivity contribution in [1.29, 1.82) is 0 Å². The number of anilines is 2. The number of halogens is 1. The minimum atomic E-state index is -0.439. The summed E-state index contributed by atoms with van der Waals surface area (Å²) in [5, 5.41) is 2.68. The molecular formula is C12H15FN2O. The molecule has 1 amide bonds. The van der Waals surface area contributed by atoms with Gasteiger partial charge in [0.05, 0.1) is 0 Å². The summed E-state index contributed by atoms with van der Waals surface area (Å²) in [5.74, 6) is -0.475. The van der Waals surface area contributed by atoms with E-state index in [0.717, 1.165) is 6.42 Å². The zero-order valence-corrected chi connectivity index (χ0v) is 9.38. The predicted molar refractivity (Wildman–Crippen MR) is 61.3 cm³/mol. The van der Waals surface area contributed by atoms with Gasteiger partial charge in [-0.05, 0) is 30.0 Å². The highest BCUT2D eigenvalue weighted by Crippen LogP contribution is 2.51. The molecule has 0 aliphatic heterocycles. The molecule has 0 saturated heterocycles. The van der Waals surface area contributed by atoms with Crippen molar-refractivity contribution in [3.8, 4) is 0 Å². The van der Waals surface area contributed by atoms with Gasteiger partial charge in [0, 0.05) is 17.3 Å². The fraction of sp³-hybridized carbons (Fsp3) is 0.417. The van der Waals surface area contributed by atoms with Crippen molar-refractivity contribution in [2.75, 3.05) is 11.1 Å². The molecule has 1 aliphatic rings. The summed E-state index contributed by atoms with van der Waals surface area (Å²) in [5.41, 5.74) is 6.29. The van der Waals surface area contributed by atoms with E-state index in [1.807, 2.05) is 13.8 Å². The molecule has 1 atom stereocenters. The van der Waals surface area contributed by atoms with Gasteiger partial charge in [0.25, 0.3) is 0 Å². The molecule has 1 aromatic rings. The summed E-state index contributed by atoms with van der Waals surface area (Å²) in [6.45, 7) is 4.08. The van der Waals surface area contributed by atoms with Gasteiger partial charge >= 0.3 is 0 Å². The van der Waals surface area contributed by atoms with Gasteiger partial charge in [-0.25, -0.2) is 4.39 Å². The van der Waals surface area contributed by atoms with Gasteiger partial charge in [0.15, 0.2) is 0 Å². The molecule has 1 aromatic carbocycles. The van der Waals surface area contributed by atoms with Crippen molar-refractivity contribution >= 4 is 17.3 Å². The maximum absolute atomic E-state index is 13.0. The molecule has 16 heavy (non-hydrogen) atoms. The number of benzene rings is 1. The number of nitrogen functional groups attached to an aromatic ring is 1. The number of carbonyl (C=O) groups is 1. The van der Waals surface area contributed by atoms with Gasteiger partial charge in [-0.2, -0.15) is 0 Å². The number of carbonyl (C=O) groups excluding carboxylic acids is 1. The van der Waals surface area contributed by atoms with E-state index in [2.05, 4.69) is 5.32 Å². The summed E-state index contributed by atoms with van der Waals surface area (Å²) < 4.78 is 13.0. The standard InChI is InChI=1S/C12H15FN2O/c1-12(2)6-10(12)11(16)15-9-4-7(13)3-8(14)5-9/h3-5,10H,6,14H2,1-2H3,(H,15,16). The average Bonchev–Trinajstić information content (AvgIpc) is 2.73. The van der Waals surface area contributed by atoms with Crippen LogP contribution < -0.4 is 11.1 Å². The maximum atomic E-state index is 13.0. The second kappa shape index (κ2) is 3.47. The number of nitrogens with one attached hydrogen (secondary N) is 1. The third-order valence-electron chi connectivity index (χ3n) is 3.02. The fourth-order valence-electron chi connectivity index (χ4n) is 1.83. The lowest BCUT2D eigenvalue weighted by Gasteiger charge is -2.07. The van der Waals surface area contributed by atoms with Crippen LogP contribution in [0.2, 0.25) is 0 Å². The van der Waals surface area contributed by atoms with Crippen LogP contribution in [0.3, 0.4) is 0 Å². The second-order valence-electron chi connectivity index (χ2n) is 5.01. The van der Waals surface area contributed by atoms with E-state index in [-0.39, 0.29) is 17.2 Å². The van der Waals surface area contributed by atoms with E-state index in [1.54, 1.807) is 6.07 Å². The Kier molecular flexibility index (Phi) is 2.37. The first-order valence-corrected chi connectivity index (χ1v) is 5.25. The molecule has 1 fully saturated rings. The molecule has 0 bridgehead atoms. The molecule has 3 N–H and O–H groups in total. The van der Waals surface area contributed by atoms with Crippen LogP contribution in [0.5, 0.6) is 0 Å². The molecule has 0 radical (unpaired) electrons. The summed E-state index contributed by atoms with van der Waals surface area (Å²) in [6, 6.07) is 4.04. The molecule has 1 aliphatic carbocycles. The highest BCUT2D eigenvalue weighted by molar-refractivity contribution is 5.95. The van der Waals surface area contributed by atoms with Crippen LogP contribution in [0.4, 0.5) is 15.8 Å². The molecule has 4 heteroatoms. The first kappa shape index (κ1) is 10.9. The minimum Gasteiger partial charge on any atom is -0.399 e. The Labute approximate surface area is 93.8 Å². The third kappa shape index (κ3) is 2.15. The van der Waals surface area contributed by atoms with Crippen molar-refractivity contribution in [2.24, 2.45) is 11.3 Å². The van der Waals surface area contributed by atoms with Crippen LogP contribution >= 0.6 is 0 Å². The van der Waals surface area contributed by atoms with Crippen molar-refractivity contribution in [3.63, 3.8) is 0 Å². The lowest BCUT2D eigenvalue weighted by Crippen LogP contribution is -2.16. The van der Waals surface area contributed by atoms with Crippen LogP contribution in [-0.2, 0) is 4.79 Å². The van der Waals surface area contributed by atoms with Gasteiger partial charge in [0.1, 0.15) is 5.82 Å². The van der Waals surface area contributed by atoms with E-state index < -0.39 is 5.82 Å². The Hall–Kier alpha value is -1.58. The number of hydrogen-bond donors (Lipinski definition) is 2. The first-order chi connectivity index (χ1) is 7.38. The van der Waals surface area contributed by atoms with E-state index in [0.29, 0.717) is 11.4 Å². The summed E-state index contributed by atoms with van der Waals surface area (Å²) in [7, 11) is 0. The van der Waals surface area contributed by atoms with E-state index in [1.165, 1.54) is 12.1 Å². The molecule has 0 heterocycles. The Morgan fingerprint density at radius 2 is 2.12 bits per heavy atom. The van der Waals surface area contributed by atoms with Crippen molar-refractivity contribution < 1.29 is 9.18 Å². The van der Waals surface area contributed by atoms with Crippen molar-refractivity contribution in [2.45, 2.75) is 20.3 Å². The molecule has 0 aromatic heterocycles. The van der Waals surface area contributed by atoms with Crippen LogP contribution in [0.25, 0.3) is 0 Å². The quantitative estimate of drug-likeness (QED) is 0.755. The highest BCUT2D eigenvalue weighted by atomic mass is 19.1. The highest BCUT2D eigenvalue weighted by Gasteiger charge is 2.50. The fourth-order valence-corrected chi connectivity index (χ4v) is 1.83. The van der Waals surface area contributed by atoms with Gasteiger partial charge in [0.2, 0.25) is 5.91 Å². The van der Waals surface area contributed by atoms with E-state index in [9.17, 15) is 9.18 Å². The molecule has 2 rings (SSSR count). The largest absolute Gasteiger partial charge is 0.399 e. The molecule has 3 nitrogen and oxygen atoms in total. The molecule has 86 valence electrons. The van der Waals surface area contributed by atoms with Crippen LogP contribution in [0.15, 0.2) is 18.2 Å². The number of nitrogens with two attached hydrogens (primary N) is 1.